The van der Waals surface area contributed by atoms with Crippen molar-refractivity contribution in [1.29, 1.82) is 0 Å². The van der Waals surface area contributed by atoms with Crippen LogP contribution in [0.3, 0.4) is 0 Å². The molecule has 0 aromatic heterocycles. The molecule has 0 bridgehead atoms. The average molecular weight is 543 g/mol. The highest BCUT2D eigenvalue weighted by Crippen LogP contribution is 2.44. The molecule has 1 aromatic rings. The lowest BCUT2D eigenvalue weighted by atomic mass is 9.77. The number of hydroxylamine groups is 2. The maximum atomic E-state index is 13.9. The molecule has 0 radical (unpaired) electrons. The Morgan fingerprint density at radius 3 is 1.76 bits per heavy atom. The summed E-state index contributed by atoms with van der Waals surface area (Å²) >= 11 is 0. The van der Waals surface area contributed by atoms with Crippen molar-refractivity contribution in [3.8, 4) is 0 Å². The first-order chi connectivity index (χ1) is 17.5. The zero-order chi connectivity index (χ0) is 28.3. The highest BCUT2D eigenvalue weighted by molar-refractivity contribution is 6.21. The summed E-state index contributed by atoms with van der Waals surface area (Å²) in [5.41, 5.74) is -3.32. The Kier molecular flexibility index (Phi) is 6.43. The molecule has 0 aliphatic carbocycles. The molecule has 38 heavy (non-hydrogen) atoms. The number of ether oxygens (including phenoxy) is 1. The normalized spacial score (nSPS) is 21.8. The quantitative estimate of drug-likeness (QED) is 0.327. The van der Waals surface area contributed by atoms with Crippen molar-refractivity contribution in [2.75, 3.05) is 26.2 Å². The Balaban J connectivity index is 1.60. The van der Waals surface area contributed by atoms with Crippen LogP contribution in [0.15, 0.2) is 24.3 Å². The molecule has 3 heterocycles. The van der Waals surface area contributed by atoms with E-state index in [2.05, 4.69) is 0 Å². The number of imide groups is 1. The van der Waals surface area contributed by atoms with Gasteiger partial charge in [-0.3, -0.25) is 14.4 Å². The van der Waals surface area contributed by atoms with Gasteiger partial charge in [0.2, 0.25) is 5.91 Å². The number of nitrogens with zero attached hydrogens (tertiary/aromatic N) is 3. The molecule has 14 heteroatoms. The molecule has 2 saturated heterocycles. The molecular formula is C24H25F4N3O7. The molecule has 4 amide bonds. The van der Waals surface area contributed by atoms with Gasteiger partial charge in [0.05, 0.1) is 24.2 Å². The number of fused-ring (bicyclic) bond motifs is 1. The van der Waals surface area contributed by atoms with Crippen molar-refractivity contribution in [1.82, 2.24) is 14.9 Å². The molecule has 0 saturated carbocycles. The lowest BCUT2D eigenvalue weighted by Gasteiger charge is -2.40. The summed E-state index contributed by atoms with van der Waals surface area (Å²) in [7, 11) is 0. The number of piperidine rings is 1. The number of alkyl halides is 4. The van der Waals surface area contributed by atoms with E-state index in [0.717, 1.165) is 0 Å². The molecule has 3 aliphatic heterocycles. The van der Waals surface area contributed by atoms with Gasteiger partial charge in [-0.1, -0.05) is 17.2 Å². The van der Waals surface area contributed by atoms with Crippen LogP contribution in [0.2, 0.25) is 0 Å². The number of benzene rings is 1. The summed E-state index contributed by atoms with van der Waals surface area (Å²) in [5, 5.41) is 0.148. The third-order valence-corrected chi connectivity index (χ3v) is 6.60. The van der Waals surface area contributed by atoms with Crippen LogP contribution in [-0.2, 0) is 19.2 Å². The van der Waals surface area contributed by atoms with Gasteiger partial charge < -0.3 is 19.4 Å². The van der Waals surface area contributed by atoms with E-state index < -0.39 is 78.6 Å². The summed E-state index contributed by atoms with van der Waals surface area (Å²) in [4.78, 5) is 71.1. The van der Waals surface area contributed by atoms with Crippen LogP contribution in [0, 0.1) is 5.41 Å². The maximum absolute atomic E-state index is 13.9. The van der Waals surface area contributed by atoms with Gasteiger partial charge in [-0.2, -0.15) is 17.6 Å². The largest absolute Gasteiger partial charge is 0.444 e. The van der Waals surface area contributed by atoms with Crippen LogP contribution in [0.25, 0.3) is 0 Å². The van der Waals surface area contributed by atoms with Gasteiger partial charge in [0, 0.05) is 13.1 Å². The number of carbonyl (C=O) groups excluding carboxylic acids is 5. The second-order valence-corrected chi connectivity index (χ2v) is 10.4. The van der Waals surface area contributed by atoms with Crippen LogP contribution < -0.4 is 0 Å². The average Bonchev–Trinajstić information content (AvgIpc) is 3.20. The van der Waals surface area contributed by atoms with Gasteiger partial charge in [-0.15, -0.1) is 0 Å². The Morgan fingerprint density at radius 2 is 1.32 bits per heavy atom. The van der Waals surface area contributed by atoms with Crippen molar-refractivity contribution in [2.24, 2.45) is 5.41 Å². The summed E-state index contributed by atoms with van der Waals surface area (Å²) in [6.07, 6.45) is -1.80. The van der Waals surface area contributed by atoms with Gasteiger partial charge in [0.25, 0.3) is 11.8 Å². The van der Waals surface area contributed by atoms with Crippen molar-refractivity contribution in [2.45, 2.75) is 51.1 Å². The van der Waals surface area contributed by atoms with E-state index in [1.54, 1.807) is 20.8 Å². The minimum absolute atomic E-state index is 0.0655. The van der Waals surface area contributed by atoms with Gasteiger partial charge in [-0.25, -0.2) is 9.59 Å². The van der Waals surface area contributed by atoms with Gasteiger partial charge in [0.15, 0.2) is 5.41 Å². The lowest BCUT2D eigenvalue weighted by molar-refractivity contribution is -0.189. The smallest absolute Gasteiger partial charge is 0.410 e. The predicted octanol–water partition coefficient (Wildman–Crippen LogP) is 2.87. The molecule has 1 aromatic carbocycles. The minimum atomic E-state index is -4.53. The second-order valence-electron chi connectivity index (χ2n) is 10.4. The Labute approximate surface area is 214 Å². The molecular weight excluding hydrogens is 518 g/mol. The number of hydrogen-bond acceptors (Lipinski definition) is 7. The highest BCUT2D eigenvalue weighted by atomic mass is 19.3. The number of amides is 4. The van der Waals surface area contributed by atoms with Crippen LogP contribution in [0.5, 0.6) is 0 Å². The van der Waals surface area contributed by atoms with Gasteiger partial charge >= 0.3 is 23.9 Å². The first kappa shape index (κ1) is 27.3. The molecule has 206 valence electrons. The van der Waals surface area contributed by atoms with Crippen molar-refractivity contribution >= 4 is 29.8 Å². The Morgan fingerprint density at radius 1 is 0.842 bits per heavy atom. The molecule has 0 unspecified atom stereocenters. The highest BCUT2D eigenvalue weighted by Gasteiger charge is 2.66. The Bertz CT molecular complexity index is 1150. The second kappa shape index (κ2) is 8.95. The van der Waals surface area contributed by atoms with Crippen molar-refractivity contribution in [3.05, 3.63) is 35.4 Å². The fourth-order valence-corrected chi connectivity index (χ4v) is 4.54. The zero-order valence-corrected chi connectivity index (χ0v) is 20.8. The minimum Gasteiger partial charge on any atom is -0.444 e. The summed E-state index contributed by atoms with van der Waals surface area (Å²) < 4.78 is 60.9. The standard InChI is InChI=1S/C24H25F4N3O7/c1-21(2,3)37-20(36)29-10-8-22(9-11-29,18(34)30-12-23(25,26)24(27,28)13-30)19(35)38-31-16(32)14-6-4-5-7-15(14)17(31)33/h4-7H,8-13H2,1-3H3. The van der Waals surface area contributed by atoms with E-state index in [1.807, 2.05) is 0 Å². The first-order valence-electron chi connectivity index (χ1n) is 11.7. The zero-order valence-electron chi connectivity index (χ0n) is 20.8. The van der Waals surface area contributed by atoms with E-state index in [4.69, 9.17) is 9.57 Å². The molecule has 0 N–H and O–H groups in total. The van der Waals surface area contributed by atoms with E-state index >= 15 is 0 Å². The lowest BCUT2D eigenvalue weighted by Crippen LogP contribution is -2.57. The number of carbonyl (C=O) groups is 5. The van der Waals surface area contributed by atoms with Crippen LogP contribution in [0.4, 0.5) is 22.4 Å². The predicted molar refractivity (Wildman–Crippen MR) is 119 cm³/mol. The van der Waals surface area contributed by atoms with E-state index in [1.165, 1.54) is 29.2 Å². The summed E-state index contributed by atoms with van der Waals surface area (Å²) in [5.74, 6) is -13.9. The first-order valence-corrected chi connectivity index (χ1v) is 11.7. The molecule has 4 rings (SSSR count). The summed E-state index contributed by atoms with van der Waals surface area (Å²) in [6.45, 7) is 0.992. The molecule has 10 nitrogen and oxygen atoms in total. The number of hydrogen-bond donors (Lipinski definition) is 0. The third-order valence-electron chi connectivity index (χ3n) is 6.60. The molecule has 2 fully saturated rings. The van der Waals surface area contributed by atoms with Crippen molar-refractivity contribution < 1.29 is 51.1 Å². The van der Waals surface area contributed by atoms with E-state index in [0.29, 0.717) is 0 Å². The Hall–Kier alpha value is -3.71. The van der Waals surface area contributed by atoms with Crippen LogP contribution in [-0.4, -0.2) is 88.3 Å². The number of likely N-dealkylation sites (tertiary alicyclic amines) is 2. The monoisotopic (exact) mass is 543 g/mol. The molecule has 0 atom stereocenters. The molecule has 0 spiro atoms. The maximum Gasteiger partial charge on any atom is 0.410 e. The number of halogens is 4. The topological polar surface area (TPSA) is 114 Å². The number of rotatable bonds is 3. The fourth-order valence-electron chi connectivity index (χ4n) is 4.54. The van der Waals surface area contributed by atoms with E-state index in [9.17, 15) is 41.5 Å². The SMILES string of the molecule is CC(C)(C)OC(=O)N1CCC(C(=O)ON2C(=O)c3ccccc3C2=O)(C(=O)N2CC(F)(F)C(F)(F)C2)CC1. The summed E-state index contributed by atoms with van der Waals surface area (Å²) in [6, 6.07) is 5.58. The third kappa shape index (κ3) is 4.56. The fraction of sp³-hybridized carbons (Fsp3) is 0.542. The molecule has 3 aliphatic rings. The van der Waals surface area contributed by atoms with Crippen LogP contribution in [0.1, 0.15) is 54.3 Å². The van der Waals surface area contributed by atoms with Gasteiger partial charge in [0.1, 0.15) is 5.60 Å². The van der Waals surface area contributed by atoms with Crippen molar-refractivity contribution in [3.63, 3.8) is 0 Å². The van der Waals surface area contributed by atoms with E-state index in [-0.39, 0.29) is 34.2 Å². The van der Waals surface area contributed by atoms with Crippen LogP contribution >= 0.6 is 0 Å². The van der Waals surface area contributed by atoms with Gasteiger partial charge in [-0.05, 0) is 45.7 Å².